The van der Waals surface area contributed by atoms with Gasteiger partial charge >= 0.3 is 0 Å². The number of hydrogen-bond acceptors (Lipinski definition) is 2. The van der Waals surface area contributed by atoms with Crippen LogP contribution in [0.25, 0.3) is 0 Å². The van der Waals surface area contributed by atoms with Crippen LogP contribution >= 0.6 is 11.6 Å². The Morgan fingerprint density at radius 1 is 1.39 bits per heavy atom. The van der Waals surface area contributed by atoms with Gasteiger partial charge in [-0.05, 0) is 45.9 Å². The van der Waals surface area contributed by atoms with Gasteiger partial charge in [-0.15, -0.1) is 0 Å². The highest BCUT2D eigenvalue weighted by atomic mass is 35.5. The first kappa shape index (κ1) is 14.8. The van der Waals surface area contributed by atoms with Gasteiger partial charge in [-0.3, -0.25) is 4.79 Å². The summed E-state index contributed by atoms with van der Waals surface area (Å²) in [4.78, 5) is 11.9. The van der Waals surface area contributed by atoms with Crippen LogP contribution in [0.2, 0.25) is 5.02 Å². The molecule has 1 amide bonds. The van der Waals surface area contributed by atoms with E-state index in [1.807, 2.05) is 20.8 Å². The van der Waals surface area contributed by atoms with Crippen molar-refractivity contribution in [2.75, 3.05) is 5.32 Å². The van der Waals surface area contributed by atoms with Gasteiger partial charge in [0.1, 0.15) is 11.9 Å². The average Bonchev–Trinajstić information content (AvgIpc) is 2.19. The fourth-order valence-corrected chi connectivity index (χ4v) is 1.60. The van der Waals surface area contributed by atoms with Crippen LogP contribution in [0, 0.1) is 5.82 Å². The third kappa shape index (κ3) is 4.53. The Balaban J connectivity index is 2.69. The molecule has 3 nitrogen and oxygen atoms in total. The fourth-order valence-electron chi connectivity index (χ4n) is 1.38. The maximum absolute atomic E-state index is 12.9. The van der Waals surface area contributed by atoms with Crippen molar-refractivity contribution in [3.63, 3.8) is 0 Å². The van der Waals surface area contributed by atoms with E-state index >= 15 is 0 Å². The molecule has 1 unspecified atom stereocenters. The number of benzene rings is 1. The van der Waals surface area contributed by atoms with Crippen molar-refractivity contribution in [3.05, 3.63) is 29.0 Å². The number of hydrogen-bond donors (Lipinski definition) is 2. The number of carbonyl (C=O) groups is 1. The first-order valence-corrected chi connectivity index (χ1v) is 6.10. The lowest BCUT2D eigenvalue weighted by Crippen LogP contribution is -2.47. The second-order valence-electron chi connectivity index (χ2n) is 5.23. The number of nitrogens with one attached hydrogen (secondary N) is 2. The molecule has 0 spiro atoms. The molecule has 100 valence electrons. The van der Waals surface area contributed by atoms with Gasteiger partial charge in [-0.1, -0.05) is 11.6 Å². The van der Waals surface area contributed by atoms with Crippen molar-refractivity contribution >= 4 is 23.2 Å². The lowest BCUT2D eigenvalue weighted by molar-refractivity contribution is -0.122. The number of halogens is 2. The highest BCUT2D eigenvalue weighted by Gasteiger charge is 2.19. The van der Waals surface area contributed by atoms with Crippen molar-refractivity contribution in [1.82, 2.24) is 5.32 Å². The summed E-state index contributed by atoms with van der Waals surface area (Å²) in [6, 6.07) is 3.56. The van der Waals surface area contributed by atoms with E-state index in [1.165, 1.54) is 18.2 Å². The lowest BCUT2D eigenvalue weighted by atomic mass is 10.1. The molecule has 1 atom stereocenters. The number of amides is 1. The highest BCUT2D eigenvalue weighted by Crippen LogP contribution is 2.23. The maximum atomic E-state index is 12.9. The van der Waals surface area contributed by atoms with Gasteiger partial charge in [0.15, 0.2) is 0 Å². The van der Waals surface area contributed by atoms with E-state index < -0.39 is 11.9 Å². The quantitative estimate of drug-likeness (QED) is 0.887. The molecule has 0 aliphatic carbocycles. The fraction of sp³-hybridized carbons (Fsp3) is 0.462. The predicted octanol–water partition coefficient (Wildman–Crippen LogP) is 3.19. The van der Waals surface area contributed by atoms with Crippen LogP contribution in [0.3, 0.4) is 0 Å². The zero-order chi connectivity index (χ0) is 13.9. The Hall–Kier alpha value is -1.29. The van der Waals surface area contributed by atoms with Crippen LogP contribution in [0.5, 0.6) is 0 Å². The molecular formula is C13H18ClFN2O. The van der Waals surface area contributed by atoms with Gasteiger partial charge in [-0.25, -0.2) is 4.39 Å². The van der Waals surface area contributed by atoms with Crippen LogP contribution in [-0.4, -0.2) is 17.5 Å². The van der Waals surface area contributed by atoms with Crippen molar-refractivity contribution in [2.24, 2.45) is 0 Å². The van der Waals surface area contributed by atoms with Gasteiger partial charge in [0, 0.05) is 5.54 Å². The molecule has 0 saturated carbocycles. The summed E-state index contributed by atoms with van der Waals surface area (Å²) in [7, 11) is 0. The standard InChI is InChI=1S/C13H18ClFN2O/c1-8(12(18)17-13(2,3)4)16-11-6-5-9(15)7-10(11)14/h5-8,16H,1-4H3,(H,17,18). The van der Waals surface area contributed by atoms with Crippen LogP contribution < -0.4 is 10.6 Å². The van der Waals surface area contributed by atoms with Crippen LogP contribution in [-0.2, 0) is 4.79 Å². The largest absolute Gasteiger partial charge is 0.373 e. The molecule has 2 N–H and O–H groups in total. The zero-order valence-corrected chi connectivity index (χ0v) is 11.7. The van der Waals surface area contributed by atoms with Crippen molar-refractivity contribution in [2.45, 2.75) is 39.3 Å². The van der Waals surface area contributed by atoms with E-state index in [1.54, 1.807) is 6.92 Å². The molecule has 5 heteroatoms. The smallest absolute Gasteiger partial charge is 0.242 e. The number of rotatable bonds is 3. The molecule has 0 heterocycles. The normalized spacial score (nSPS) is 13.0. The number of carbonyl (C=O) groups excluding carboxylic acids is 1. The Bertz CT molecular complexity index is 443. The first-order chi connectivity index (χ1) is 8.19. The number of anilines is 1. The van der Waals surface area contributed by atoms with Crippen LogP contribution in [0.4, 0.5) is 10.1 Å². The average molecular weight is 273 g/mol. The minimum atomic E-state index is -0.452. The van der Waals surface area contributed by atoms with Gasteiger partial charge < -0.3 is 10.6 Å². The first-order valence-electron chi connectivity index (χ1n) is 5.72. The lowest BCUT2D eigenvalue weighted by Gasteiger charge is -2.24. The van der Waals surface area contributed by atoms with Gasteiger partial charge in [0.25, 0.3) is 0 Å². The summed E-state index contributed by atoms with van der Waals surface area (Å²) < 4.78 is 12.9. The molecule has 0 bridgehead atoms. The minimum Gasteiger partial charge on any atom is -0.373 e. The summed E-state index contributed by atoms with van der Waals surface area (Å²) >= 11 is 5.88. The third-order valence-electron chi connectivity index (χ3n) is 2.19. The Morgan fingerprint density at radius 3 is 2.50 bits per heavy atom. The van der Waals surface area contributed by atoms with Crippen LogP contribution in [0.15, 0.2) is 18.2 Å². The van der Waals surface area contributed by atoms with E-state index in [-0.39, 0.29) is 16.5 Å². The third-order valence-corrected chi connectivity index (χ3v) is 2.51. The van der Waals surface area contributed by atoms with Crippen molar-refractivity contribution in [3.8, 4) is 0 Å². The second-order valence-corrected chi connectivity index (χ2v) is 5.64. The van der Waals surface area contributed by atoms with E-state index in [0.29, 0.717) is 5.69 Å². The molecule has 1 aromatic rings. The maximum Gasteiger partial charge on any atom is 0.242 e. The summed E-state index contributed by atoms with van der Waals surface area (Å²) in [5.41, 5.74) is 0.245. The van der Waals surface area contributed by atoms with Crippen molar-refractivity contribution < 1.29 is 9.18 Å². The molecule has 18 heavy (non-hydrogen) atoms. The van der Waals surface area contributed by atoms with Gasteiger partial charge in [0.2, 0.25) is 5.91 Å². The van der Waals surface area contributed by atoms with E-state index in [0.717, 1.165) is 0 Å². The van der Waals surface area contributed by atoms with Gasteiger partial charge in [-0.2, -0.15) is 0 Å². The molecule has 0 aliphatic heterocycles. The van der Waals surface area contributed by atoms with E-state index in [4.69, 9.17) is 11.6 Å². The molecule has 0 saturated heterocycles. The molecule has 0 fully saturated rings. The Kier molecular flexibility index (Phi) is 4.57. The molecule has 0 aliphatic rings. The molecule has 1 aromatic carbocycles. The van der Waals surface area contributed by atoms with E-state index in [9.17, 15) is 9.18 Å². The minimum absolute atomic E-state index is 0.136. The highest BCUT2D eigenvalue weighted by molar-refractivity contribution is 6.33. The van der Waals surface area contributed by atoms with Gasteiger partial charge in [0.05, 0.1) is 10.7 Å². The summed E-state index contributed by atoms with van der Waals surface area (Å²) in [5.74, 6) is -0.541. The Labute approximate surface area is 112 Å². The predicted molar refractivity (Wildman–Crippen MR) is 72.4 cm³/mol. The topological polar surface area (TPSA) is 41.1 Å². The summed E-state index contributed by atoms with van der Waals surface area (Å²) in [5, 5.41) is 6.06. The molecule has 1 rings (SSSR count). The monoisotopic (exact) mass is 272 g/mol. The summed E-state index contributed by atoms with van der Waals surface area (Å²) in [6.45, 7) is 7.44. The molecule has 0 aromatic heterocycles. The molecular weight excluding hydrogens is 255 g/mol. The Morgan fingerprint density at radius 2 is 2.00 bits per heavy atom. The molecule has 0 radical (unpaired) electrons. The SMILES string of the molecule is CC(Nc1ccc(F)cc1Cl)C(=O)NC(C)(C)C. The van der Waals surface area contributed by atoms with Crippen molar-refractivity contribution in [1.29, 1.82) is 0 Å². The summed E-state index contributed by atoms with van der Waals surface area (Å²) in [6.07, 6.45) is 0. The second kappa shape index (κ2) is 5.57. The zero-order valence-electron chi connectivity index (χ0n) is 11.0. The van der Waals surface area contributed by atoms with Crippen LogP contribution in [0.1, 0.15) is 27.7 Å². The van der Waals surface area contributed by atoms with E-state index in [2.05, 4.69) is 10.6 Å².